The smallest absolute Gasteiger partial charge is 0.283 e. The summed E-state index contributed by atoms with van der Waals surface area (Å²) in [5, 5.41) is 6.74. The molecule has 3 N–H and O–H groups in total. The van der Waals surface area contributed by atoms with Gasteiger partial charge in [-0.05, 0) is 42.8 Å². The quantitative estimate of drug-likeness (QED) is 0.529. The number of nitrogens with two attached hydrogens (primary N) is 1. The Morgan fingerprint density at radius 1 is 1.36 bits per heavy atom. The number of rotatable bonds is 5. The van der Waals surface area contributed by atoms with Crippen molar-refractivity contribution in [3.05, 3.63) is 51.3 Å². The average molecular weight is 372 g/mol. The van der Waals surface area contributed by atoms with Crippen LogP contribution in [0.2, 0.25) is 0 Å². The van der Waals surface area contributed by atoms with E-state index >= 15 is 0 Å². The van der Waals surface area contributed by atoms with Crippen LogP contribution < -0.4 is 15.9 Å². The molecule has 6 nitrogen and oxygen atoms in total. The van der Waals surface area contributed by atoms with E-state index in [1.165, 1.54) is 28.9 Å². The first-order chi connectivity index (χ1) is 12.1. The molecular formula is C17H16N4O2S2. The molecule has 0 aliphatic carbocycles. The van der Waals surface area contributed by atoms with Crippen molar-refractivity contribution in [1.82, 2.24) is 10.4 Å². The van der Waals surface area contributed by atoms with Gasteiger partial charge in [0.15, 0.2) is 0 Å². The number of nitrogen functional groups attached to an aromatic ring is 1. The Kier molecular flexibility index (Phi) is 5.11. The maximum absolute atomic E-state index is 12.3. The number of methoxy groups -OCH3 is 1. The van der Waals surface area contributed by atoms with Crippen molar-refractivity contribution < 1.29 is 9.53 Å². The molecule has 0 saturated heterocycles. The molecule has 0 spiro atoms. The number of hydrogen-bond acceptors (Lipinski definition) is 7. The van der Waals surface area contributed by atoms with E-state index < -0.39 is 0 Å². The summed E-state index contributed by atoms with van der Waals surface area (Å²) in [5.74, 6) is 0.434. The Bertz CT molecular complexity index is 913. The highest BCUT2D eigenvalue weighted by Gasteiger charge is 2.15. The normalized spacial score (nSPS) is 11.0. The van der Waals surface area contributed by atoms with Crippen LogP contribution in [-0.4, -0.2) is 24.2 Å². The fourth-order valence-corrected chi connectivity index (χ4v) is 3.67. The molecule has 0 aliphatic rings. The van der Waals surface area contributed by atoms with Crippen LogP contribution in [-0.2, 0) is 0 Å². The van der Waals surface area contributed by atoms with Gasteiger partial charge >= 0.3 is 0 Å². The van der Waals surface area contributed by atoms with Gasteiger partial charge in [0.05, 0.1) is 29.7 Å². The lowest BCUT2D eigenvalue weighted by atomic mass is 10.2. The second kappa shape index (κ2) is 7.45. The summed E-state index contributed by atoms with van der Waals surface area (Å²) in [4.78, 5) is 17.9. The van der Waals surface area contributed by atoms with E-state index in [4.69, 9.17) is 10.5 Å². The predicted octanol–water partition coefficient (Wildman–Crippen LogP) is 3.53. The molecule has 0 radical (unpaired) electrons. The van der Waals surface area contributed by atoms with Gasteiger partial charge in [0.1, 0.15) is 10.6 Å². The molecule has 0 atom stereocenters. The Hall–Kier alpha value is -2.71. The van der Waals surface area contributed by atoms with Gasteiger partial charge in [0, 0.05) is 10.3 Å². The molecule has 128 valence electrons. The van der Waals surface area contributed by atoms with E-state index in [-0.39, 0.29) is 5.91 Å². The second-order valence-electron chi connectivity index (χ2n) is 5.11. The molecule has 2 aromatic heterocycles. The largest absolute Gasteiger partial charge is 0.497 e. The van der Waals surface area contributed by atoms with Crippen LogP contribution in [0, 0.1) is 6.92 Å². The lowest BCUT2D eigenvalue weighted by molar-refractivity contribution is 0.0960. The van der Waals surface area contributed by atoms with Gasteiger partial charge < -0.3 is 10.5 Å². The lowest BCUT2D eigenvalue weighted by Gasteiger charge is -2.00. The van der Waals surface area contributed by atoms with Crippen molar-refractivity contribution in [3.8, 4) is 16.2 Å². The minimum atomic E-state index is -0.342. The first-order valence-corrected chi connectivity index (χ1v) is 9.05. The first kappa shape index (κ1) is 17.1. The van der Waals surface area contributed by atoms with Gasteiger partial charge in [-0.25, -0.2) is 10.4 Å². The van der Waals surface area contributed by atoms with Crippen molar-refractivity contribution in [1.29, 1.82) is 0 Å². The number of carbonyl (C=O) groups excluding carboxylic acids is 1. The van der Waals surface area contributed by atoms with E-state index in [1.807, 2.05) is 36.6 Å². The minimum Gasteiger partial charge on any atom is -0.497 e. The molecule has 0 fully saturated rings. The molecular weight excluding hydrogens is 356 g/mol. The van der Waals surface area contributed by atoms with Gasteiger partial charge in [0.25, 0.3) is 5.91 Å². The molecule has 1 amide bonds. The lowest BCUT2D eigenvalue weighted by Crippen LogP contribution is -2.17. The standard InChI is InChI=1S/C17H16N4O2S2/c1-10-20-12(9-24-10)8-19-21-17(22)16-14(18)7-15(25-16)11-3-5-13(23-2)6-4-11/h3-9H,18H2,1-2H3,(H,21,22)/b19-8-. The Balaban J connectivity index is 1.72. The van der Waals surface area contributed by atoms with Crippen LogP contribution in [0.25, 0.3) is 10.4 Å². The van der Waals surface area contributed by atoms with Gasteiger partial charge in [-0.1, -0.05) is 0 Å². The van der Waals surface area contributed by atoms with Crippen molar-refractivity contribution >= 4 is 40.5 Å². The van der Waals surface area contributed by atoms with Crippen LogP contribution in [0.15, 0.2) is 40.8 Å². The molecule has 25 heavy (non-hydrogen) atoms. The third-order valence-corrected chi connectivity index (χ3v) is 5.33. The highest BCUT2D eigenvalue weighted by atomic mass is 32.1. The molecule has 0 bridgehead atoms. The fraction of sp³-hybridized carbons (Fsp3) is 0.118. The zero-order valence-corrected chi connectivity index (χ0v) is 15.3. The molecule has 1 aromatic carbocycles. The molecule has 0 unspecified atom stereocenters. The summed E-state index contributed by atoms with van der Waals surface area (Å²) in [5.41, 5.74) is 10.6. The Labute approximate surface area is 153 Å². The number of nitrogens with zero attached hydrogens (tertiary/aromatic N) is 2. The zero-order valence-electron chi connectivity index (χ0n) is 13.6. The van der Waals surface area contributed by atoms with Crippen LogP contribution in [0.4, 0.5) is 5.69 Å². The van der Waals surface area contributed by atoms with Crippen LogP contribution in [0.5, 0.6) is 5.75 Å². The summed E-state index contributed by atoms with van der Waals surface area (Å²) in [6, 6.07) is 9.37. The van der Waals surface area contributed by atoms with E-state index in [0.29, 0.717) is 16.3 Å². The van der Waals surface area contributed by atoms with Gasteiger partial charge in [-0.15, -0.1) is 22.7 Å². The van der Waals surface area contributed by atoms with E-state index in [2.05, 4.69) is 15.5 Å². The number of thiazole rings is 1. The SMILES string of the molecule is COc1ccc(-c2cc(N)c(C(=O)N/N=C\c3csc(C)n3)s2)cc1. The van der Waals surface area contributed by atoms with E-state index in [1.54, 1.807) is 13.2 Å². The number of aromatic nitrogens is 1. The van der Waals surface area contributed by atoms with Crippen molar-refractivity contribution in [2.45, 2.75) is 6.92 Å². The number of anilines is 1. The summed E-state index contributed by atoms with van der Waals surface area (Å²) in [6.45, 7) is 1.91. The van der Waals surface area contributed by atoms with E-state index in [9.17, 15) is 4.79 Å². The molecule has 3 aromatic rings. The molecule has 0 aliphatic heterocycles. The number of ether oxygens (including phenoxy) is 1. The molecule has 8 heteroatoms. The highest BCUT2D eigenvalue weighted by Crippen LogP contribution is 2.33. The molecule has 3 rings (SSSR count). The monoisotopic (exact) mass is 372 g/mol. The maximum atomic E-state index is 12.3. The Morgan fingerprint density at radius 2 is 2.12 bits per heavy atom. The van der Waals surface area contributed by atoms with Gasteiger partial charge in [-0.2, -0.15) is 5.10 Å². The average Bonchev–Trinajstić information content (AvgIpc) is 3.20. The molecule has 2 heterocycles. The van der Waals surface area contributed by atoms with Crippen LogP contribution in [0.3, 0.4) is 0 Å². The minimum absolute atomic E-state index is 0.342. The first-order valence-electron chi connectivity index (χ1n) is 7.36. The van der Waals surface area contributed by atoms with Crippen LogP contribution in [0.1, 0.15) is 20.4 Å². The maximum Gasteiger partial charge on any atom is 0.283 e. The number of aryl methyl sites for hydroxylation is 1. The summed E-state index contributed by atoms with van der Waals surface area (Å²) < 4.78 is 5.15. The number of benzene rings is 1. The zero-order chi connectivity index (χ0) is 17.8. The second-order valence-corrected chi connectivity index (χ2v) is 7.23. The summed E-state index contributed by atoms with van der Waals surface area (Å²) >= 11 is 2.84. The fourth-order valence-electron chi connectivity index (χ4n) is 2.13. The predicted molar refractivity (Wildman–Crippen MR) is 103 cm³/mol. The number of thiophene rings is 1. The number of amides is 1. The van der Waals surface area contributed by atoms with Crippen molar-refractivity contribution in [2.75, 3.05) is 12.8 Å². The third kappa shape index (κ3) is 4.04. The highest BCUT2D eigenvalue weighted by molar-refractivity contribution is 7.18. The number of carbonyl (C=O) groups is 1. The number of hydrogen-bond donors (Lipinski definition) is 2. The number of hydrazone groups is 1. The summed E-state index contributed by atoms with van der Waals surface area (Å²) in [7, 11) is 1.62. The molecule has 0 saturated carbocycles. The van der Waals surface area contributed by atoms with Crippen molar-refractivity contribution in [2.24, 2.45) is 5.10 Å². The van der Waals surface area contributed by atoms with Crippen molar-refractivity contribution in [3.63, 3.8) is 0 Å². The topological polar surface area (TPSA) is 89.6 Å². The van der Waals surface area contributed by atoms with Gasteiger partial charge in [0.2, 0.25) is 0 Å². The van der Waals surface area contributed by atoms with Crippen LogP contribution >= 0.6 is 22.7 Å². The Morgan fingerprint density at radius 3 is 2.76 bits per heavy atom. The van der Waals surface area contributed by atoms with Gasteiger partial charge in [-0.3, -0.25) is 4.79 Å². The number of nitrogens with one attached hydrogen (secondary N) is 1. The third-order valence-electron chi connectivity index (χ3n) is 3.34. The summed E-state index contributed by atoms with van der Waals surface area (Å²) in [6.07, 6.45) is 1.51. The van der Waals surface area contributed by atoms with E-state index in [0.717, 1.165) is 21.2 Å².